The minimum absolute atomic E-state index is 0.0565. The van der Waals surface area contributed by atoms with Crippen molar-refractivity contribution in [1.82, 2.24) is 10.3 Å². The van der Waals surface area contributed by atoms with Crippen molar-refractivity contribution in [2.24, 2.45) is 0 Å². The maximum atomic E-state index is 11.4. The fourth-order valence-corrected chi connectivity index (χ4v) is 2.22. The molecule has 1 heterocycles. The van der Waals surface area contributed by atoms with Crippen LogP contribution in [-0.4, -0.2) is 33.5 Å². The molecular weight excluding hydrogens is 248 g/mol. The molecule has 1 aromatic heterocycles. The Labute approximate surface area is 101 Å². The van der Waals surface area contributed by atoms with Crippen molar-refractivity contribution in [3.05, 3.63) is 16.6 Å². The van der Waals surface area contributed by atoms with Crippen LogP contribution in [0.15, 0.2) is 11.6 Å². The first kappa shape index (κ1) is 13.0. The molecule has 1 amide bonds. The molecule has 2 N–H and O–H groups in total. The molecule has 0 saturated heterocycles. The van der Waals surface area contributed by atoms with Gasteiger partial charge in [-0.15, -0.1) is 23.1 Å². The molecule has 7 heteroatoms. The summed E-state index contributed by atoms with van der Waals surface area (Å²) in [4.78, 5) is 25.7. The molecule has 0 aliphatic carbocycles. The predicted molar refractivity (Wildman–Crippen MR) is 63.6 cm³/mol. The average molecular weight is 260 g/mol. The van der Waals surface area contributed by atoms with Crippen molar-refractivity contribution in [3.8, 4) is 0 Å². The van der Waals surface area contributed by atoms with Gasteiger partial charge in [-0.1, -0.05) is 0 Å². The van der Waals surface area contributed by atoms with Gasteiger partial charge in [0, 0.05) is 11.6 Å². The van der Waals surface area contributed by atoms with E-state index in [0.29, 0.717) is 0 Å². The number of hydrogen-bond donors (Lipinski definition) is 2. The number of nitrogens with one attached hydrogen (secondary N) is 1. The molecule has 0 spiro atoms. The van der Waals surface area contributed by atoms with E-state index in [1.54, 1.807) is 6.20 Å². The molecule has 0 aliphatic rings. The summed E-state index contributed by atoms with van der Waals surface area (Å²) in [6, 6.07) is -0.127. The van der Waals surface area contributed by atoms with Crippen LogP contribution in [0.1, 0.15) is 18.0 Å². The van der Waals surface area contributed by atoms with E-state index in [9.17, 15) is 9.59 Å². The summed E-state index contributed by atoms with van der Waals surface area (Å²) < 4.78 is 0. The SMILES string of the molecule is CC(NC(=O)CSCC(=O)O)c1nccs1. The minimum atomic E-state index is -0.911. The van der Waals surface area contributed by atoms with Gasteiger partial charge in [-0.25, -0.2) is 4.98 Å². The Morgan fingerprint density at radius 3 is 2.94 bits per heavy atom. The highest BCUT2D eigenvalue weighted by Gasteiger charge is 2.11. The lowest BCUT2D eigenvalue weighted by molar-refractivity contribution is -0.133. The largest absolute Gasteiger partial charge is 0.481 e. The fourth-order valence-electron chi connectivity index (χ4n) is 1.02. The third-order valence-electron chi connectivity index (χ3n) is 1.66. The zero-order valence-corrected chi connectivity index (χ0v) is 10.3. The Bertz CT molecular complexity index is 354. The Morgan fingerprint density at radius 2 is 2.38 bits per heavy atom. The fraction of sp³-hybridized carbons (Fsp3) is 0.444. The van der Waals surface area contributed by atoms with Gasteiger partial charge in [-0.3, -0.25) is 9.59 Å². The number of nitrogens with zero attached hydrogens (tertiary/aromatic N) is 1. The topological polar surface area (TPSA) is 79.3 Å². The number of amides is 1. The Morgan fingerprint density at radius 1 is 1.62 bits per heavy atom. The van der Waals surface area contributed by atoms with Gasteiger partial charge in [-0.05, 0) is 6.92 Å². The van der Waals surface area contributed by atoms with E-state index in [2.05, 4.69) is 10.3 Å². The molecule has 5 nitrogen and oxygen atoms in total. The summed E-state index contributed by atoms with van der Waals surface area (Å²) in [6.07, 6.45) is 1.68. The molecule has 1 atom stereocenters. The van der Waals surface area contributed by atoms with E-state index < -0.39 is 5.97 Å². The molecule has 0 bridgehead atoms. The van der Waals surface area contributed by atoms with Gasteiger partial charge >= 0.3 is 5.97 Å². The number of carbonyl (C=O) groups excluding carboxylic acids is 1. The Hall–Kier alpha value is -1.08. The zero-order valence-electron chi connectivity index (χ0n) is 8.67. The van der Waals surface area contributed by atoms with Crippen LogP contribution in [0, 0.1) is 0 Å². The van der Waals surface area contributed by atoms with Gasteiger partial charge in [0.25, 0.3) is 0 Å². The molecule has 0 saturated carbocycles. The van der Waals surface area contributed by atoms with Crippen LogP contribution in [0.5, 0.6) is 0 Å². The van der Waals surface area contributed by atoms with E-state index in [1.807, 2.05) is 12.3 Å². The summed E-state index contributed by atoms with van der Waals surface area (Å²) >= 11 is 2.56. The number of rotatable bonds is 6. The summed E-state index contributed by atoms with van der Waals surface area (Å²) in [7, 11) is 0. The second kappa shape index (κ2) is 6.49. The first-order valence-corrected chi connectivity index (χ1v) is 6.61. The zero-order chi connectivity index (χ0) is 12.0. The smallest absolute Gasteiger partial charge is 0.313 e. The van der Waals surface area contributed by atoms with Gasteiger partial charge in [0.15, 0.2) is 0 Å². The van der Waals surface area contributed by atoms with Crippen LogP contribution in [-0.2, 0) is 9.59 Å². The van der Waals surface area contributed by atoms with Crippen molar-refractivity contribution in [2.75, 3.05) is 11.5 Å². The Kier molecular flexibility index (Phi) is 5.27. The molecule has 1 aromatic rings. The standard InChI is InChI=1S/C9H12N2O3S2/c1-6(9-10-2-3-16-9)11-7(12)4-15-5-8(13)14/h2-3,6H,4-5H2,1H3,(H,11,12)(H,13,14). The van der Waals surface area contributed by atoms with E-state index in [4.69, 9.17) is 5.11 Å². The number of carbonyl (C=O) groups is 2. The van der Waals surface area contributed by atoms with Gasteiger partial charge in [0.05, 0.1) is 17.5 Å². The van der Waals surface area contributed by atoms with E-state index >= 15 is 0 Å². The number of aliphatic carboxylic acids is 1. The molecule has 0 aliphatic heterocycles. The Balaban J connectivity index is 2.26. The second-order valence-electron chi connectivity index (χ2n) is 3.05. The number of carboxylic acids is 1. The lowest BCUT2D eigenvalue weighted by atomic mass is 10.3. The van der Waals surface area contributed by atoms with E-state index in [0.717, 1.165) is 16.8 Å². The first-order valence-electron chi connectivity index (χ1n) is 4.58. The minimum Gasteiger partial charge on any atom is -0.481 e. The van der Waals surface area contributed by atoms with Crippen LogP contribution in [0.25, 0.3) is 0 Å². The van der Waals surface area contributed by atoms with Crippen LogP contribution < -0.4 is 5.32 Å². The third kappa shape index (κ3) is 4.63. The lowest BCUT2D eigenvalue weighted by Crippen LogP contribution is -2.28. The van der Waals surface area contributed by atoms with E-state index in [1.165, 1.54) is 11.3 Å². The lowest BCUT2D eigenvalue weighted by Gasteiger charge is -2.10. The van der Waals surface area contributed by atoms with Crippen LogP contribution in [0.4, 0.5) is 0 Å². The molecule has 0 fully saturated rings. The highest BCUT2D eigenvalue weighted by Crippen LogP contribution is 2.14. The van der Waals surface area contributed by atoms with Crippen molar-refractivity contribution in [3.63, 3.8) is 0 Å². The van der Waals surface area contributed by atoms with E-state index in [-0.39, 0.29) is 23.5 Å². The van der Waals surface area contributed by atoms with Crippen molar-refractivity contribution < 1.29 is 14.7 Å². The molecule has 0 aromatic carbocycles. The quantitative estimate of drug-likeness (QED) is 0.801. The molecule has 1 rings (SSSR count). The molecule has 88 valence electrons. The summed E-state index contributed by atoms with van der Waals surface area (Å²) in [5.74, 6) is -0.985. The van der Waals surface area contributed by atoms with Gasteiger partial charge in [-0.2, -0.15) is 0 Å². The van der Waals surface area contributed by atoms with Gasteiger partial charge in [0.1, 0.15) is 5.01 Å². The molecule has 1 unspecified atom stereocenters. The van der Waals surface area contributed by atoms with Crippen LogP contribution in [0.3, 0.4) is 0 Å². The predicted octanol–water partition coefficient (Wildman–Crippen LogP) is 1.14. The highest BCUT2D eigenvalue weighted by atomic mass is 32.2. The summed E-state index contributed by atoms with van der Waals surface area (Å²) in [5, 5.41) is 13.8. The molecule has 0 radical (unpaired) electrons. The normalized spacial score (nSPS) is 12.1. The van der Waals surface area contributed by atoms with Gasteiger partial charge in [0.2, 0.25) is 5.91 Å². The monoisotopic (exact) mass is 260 g/mol. The van der Waals surface area contributed by atoms with Gasteiger partial charge < -0.3 is 10.4 Å². The number of aromatic nitrogens is 1. The number of thioether (sulfide) groups is 1. The maximum Gasteiger partial charge on any atom is 0.313 e. The van der Waals surface area contributed by atoms with Crippen molar-refractivity contribution in [2.45, 2.75) is 13.0 Å². The van der Waals surface area contributed by atoms with Crippen molar-refractivity contribution in [1.29, 1.82) is 0 Å². The first-order chi connectivity index (χ1) is 7.59. The maximum absolute atomic E-state index is 11.4. The summed E-state index contributed by atoms with van der Waals surface area (Å²) in [6.45, 7) is 1.85. The number of hydrogen-bond acceptors (Lipinski definition) is 5. The highest BCUT2D eigenvalue weighted by molar-refractivity contribution is 8.00. The summed E-state index contributed by atoms with van der Waals surface area (Å²) in [5.41, 5.74) is 0. The number of carboxylic acid groups (broad SMARTS) is 1. The molecule has 16 heavy (non-hydrogen) atoms. The van der Waals surface area contributed by atoms with Crippen LogP contribution >= 0.6 is 23.1 Å². The molecular formula is C9H12N2O3S2. The van der Waals surface area contributed by atoms with Crippen molar-refractivity contribution >= 4 is 35.0 Å². The van der Waals surface area contributed by atoms with Crippen LogP contribution in [0.2, 0.25) is 0 Å². The average Bonchev–Trinajstić information content (AvgIpc) is 2.69. The second-order valence-corrected chi connectivity index (χ2v) is 4.96. The number of thiazole rings is 1. The third-order valence-corrected chi connectivity index (χ3v) is 3.53.